The first kappa shape index (κ1) is 14.8. The van der Waals surface area contributed by atoms with Crippen LogP contribution in [-0.2, 0) is 0 Å². The highest BCUT2D eigenvalue weighted by molar-refractivity contribution is 6.34. The lowest BCUT2D eigenvalue weighted by molar-refractivity contribution is 0.0698. The third-order valence-corrected chi connectivity index (χ3v) is 3.00. The van der Waals surface area contributed by atoms with Crippen LogP contribution in [0.1, 0.15) is 20.7 Å². The zero-order valence-corrected chi connectivity index (χ0v) is 11.7. The Hall–Kier alpha value is -2.60. The molecule has 0 aliphatic heterocycles. The number of pyridine rings is 1. The van der Waals surface area contributed by atoms with Gasteiger partial charge in [-0.2, -0.15) is 0 Å². The fourth-order valence-corrected chi connectivity index (χ4v) is 1.93. The molecule has 1 aromatic carbocycles. The van der Waals surface area contributed by atoms with Gasteiger partial charge < -0.3 is 15.2 Å². The van der Waals surface area contributed by atoms with Gasteiger partial charge in [0.15, 0.2) is 0 Å². The van der Waals surface area contributed by atoms with Crippen molar-refractivity contribution in [2.45, 2.75) is 0 Å². The van der Waals surface area contributed by atoms with E-state index in [1.165, 1.54) is 37.6 Å². The number of carboxylic acids is 1. The Bertz CT molecular complexity index is 686. The molecule has 0 aliphatic rings. The van der Waals surface area contributed by atoms with Crippen molar-refractivity contribution in [1.29, 1.82) is 0 Å². The first-order chi connectivity index (χ1) is 10.0. The number of halogens is 1. The number of hydrogen-bond acceptors (Lipinski definition) is 4. The molecular weight excluding hydrogens is 296 g/mol. The number of methoxy groups -OCH3 is 1. The van der Waals surface area contributed by atoms with Crippen molar-refractivity contribution in [1.82, 2.24) is 4.98 Å². The molecule has 0 aliphatic carbocycles. The van der Waals surface area contributed by atoms with Gasteiger partial charge in [-0.3, -0.25) is 4.79 Å². The maximum Gasteiger partial charge on any atom is 0.339 e. The number of carbonyl (C=O) groups is 2. The normalized spacial score (nSPS) is 10.0. The molecule has 7 heteroatoms. The molecule has 0 bridgehead atoms. The van der Waals surface area contributed by atoms with Gasteiger partial charge in [-0.25, -0.2) is 9.78 Å². The second kappa shape index (κ2) is 6.23. The van der Waals surface area contributed by atoms with Gasteiger partial charge in [0.25, 0.3) is 5.91 Å². The molecule has 108 valence electrons. The minimum Gasteiger partial charge on any atom is -0.481 e. The molecule has 2 N–H and O–H groups in total. The summed E-state index contributed by atoms with van der Waals surface area (Å²) < 4.78 is 4.90. The van der Waals surface area contributed by atoms with Crippen molar-refractivity contribution in [3.63, 3.8) is 0 Å². The molecule has 0 fully saturated rings. The van der Waals surface area contributed by atoms with Crippen LogP contribution >= 0.6 is 11.6 Å². The average Bonchev–Trinajstić information content (AvgIpc) is 2.47. The first-order valence-electron chi connectivity index (χ1n) is 5.86. The number of ether oxygens (including phenoxy) is 1. The Morgan fingerprint density at radius 1 is 1.29 bits per heavy atom. The number of nitrogens with one attached hydrogen (secondary N) is 1. The predicted octanol–water partition coefficient (Wildman–Crippen LogP) is 2.69. The number of hydrogen-bond donors (Lipinski definition) is 2. The van der Waals surface area contributed by atoms with Crippen molar-refractivity contribution in [2.75, 3.05) is 12.4 Å². The summed E-state index contributed by atoms with van der Waals surface area (Å²) in [5, 5.41) is 11.7. The highest BCUT2D eigenvalue weighted by atomic mass is 35.5. The smallest absolute Gasteiger partial charge is 0.339 e. The van der Waals surface area contributed by atoms with E-state index in [0.29, 0.717) is 5.88 Å². The van der Waals surface area contributed by atoms with Crippen LogP contribution < -0.4 is 10.1 Å². The molecule has 0 saturated heterocycles. The number of amides is 1. The van der Waals surface area contributed by atoms with Crippen LogP contribution in [0.5, 0.6) is 5.88 Å². The van der Waals surface area contributed by atoms with Gasteiger partial charge in [-0.15, -0.1) is 0 Å². The molecule has 2 rings (SSSR count). The fourth-order valence-electron chi connectivity index (χ4n) is 1.68. The van der Waals surface area contributed by atoms with Crippen LogP contribution in [0.2, 0.25) is 5.02 Å². The number of benzene rings is 1. The Morgan fingerprint density at radius 2 is 2.05 bits per heavy atom. The van der Waals surface area contributed by atoms with Crippen molar-refractivity contribution < 1.29 is 19.4 Å². The molecule has 6 nitrogen and oxygen atoms in total. The van der Waals surface area contributed by atoms with E-state index in [1.807, 2.05) is 0 Å². The maximum absolute atomic E-state index is 12.1. The summed E-state index contributed by atoms with van der Waals surface area (Å²) in [6.45, 7) is 0. The fraction of sp³-hybridized carbons (Fsp3) is 0.0714. The molecule has 1 aromatic heterocycles. The molecular formula is C14H11ClN2O4. The maximum atomic E-state index is 12.1. The second-order valence-electron chi connectivity index (χ2n) is 4.01. The van der Waals surface area contributed by atoms with Gasteiger partial charge in [0, 0.05) is 12.3 Å². The summed E-state index contributed by atoms with van der Waals surface area (Å²) in [6.07, 6.45) is 1.33. The van der Waals surface area contributed by atoms with Gasteiger partial charge in [0.2, 0.25) is 5.88 Å². The van der Waals surface area contributed by atoms with Crippen LogP contribution in [0.15, 0.2) is 36.5 Å². The van der Waals surface area contributed by atoms with Gasteiger partial charge in [0.1, 0.15) is 5.56 Å². The van der Waals surface area contributed by atoms with E-state index in [2.05, 4.69) is 10.3 Å². The monoisotopic (exact) mass is 306 g/mol. The van der Waals surface area contributed by atoms with E-state index < -0.39 is 11.9 Å². The number of anilines is 1. The molecule has 0 unspecified atom stereocenters. The summed E-state index contributed by atoms with van der Waals surface area (Å²) in [5.74, 6) is -1.33. The Balaban J connectivity index is 2.27. The average molecular weight is 307 g/mol. The zero-order valence-electron chi connectivity index (χ0n) is 11.0. The highest BCUT2D eigenvalue weighted by Crippen LogP contribution is 2.24. The van der Waals surface area contributed by atoms with Crippen molar-refractivity contribution in [2.24, 2.45) is 0 Å². The lowest BCUT2D eigenvalue weighted by atomic mass is 10.1. The molecule has 0 spiro atoms. The van der Waals surface area contributed by atoms with Crippen LogP contribution in [0, 0.1) is 0 Å². The topological polar surface area (TPSA) is 88.5 Å². The molecule has 2 aromatic rings. The Kier molecular flexibility index (Phi) is 4.39. The van der Waals surface area contributed by atoms with Gasteiger partial charge >= 0.3 is 5.97 Å². The number of aromatic nitrogens is 1. The quantitative estimate of drug-likeness (QED) is 0.906. The predicted molar refractivity (Wildman–Crippen MR) is 77.2 cm³/mol. The summed E-state index contributed by atoms with van der Waals surface area (Å²) in [5.41, 5.74) is 0.233. The number of rotatable bonds is 4. The van der Waals surface area contributed by atoms with E-state index in [1.54, 1.807) is 6.07 Å². The minimum atomic E-state index is -1.22. The SMILES string of the molecule is COc1ccc(C(=O)Nc2cccc(Cl)c2C(=O)O)cn1. The summed E-state index contributed by atoms with van der Waals surface area (Å²) >= 11 is 5.83. The molecule has 0 radical (unpaired) electrons. The lowest BCUT2D eigenvalue weighted by Crippen LogP contribution is -2.15. The third kappa shape index (κ3) is 3.29. The largest absolute Gasteiger partial charge is 0.481 e. The summed E-state index contributed by atoms with van der Waals surface area (Å²) in [7, 11) is 1.47. The van der Waals surface area contributed by atoms with Gasteiger partial charge in [0.05, 0.1) is 23.4 Å². The second-order valence-corrected chi connectivity index (χ2v) is 4.42. The summed E-state index contributed by atoms with van der Waals surface area (Å²) in [6, 6.07) is 7.51. The standard InChI is InChI=1S/C14H11ClN2O4/c1-21-11-6-5-8(7-16-11)13(18)17-10-4-2-3-9(15)12(10)14(19)20/h2-7H,1H3,(H,17,18)(H,19,20). The third-order valence-electron chi connectivity index (χ3n) is 2.68. The molecule has 0 saturated carbocycles. The van der Waals surface area contributed by atoms with E-state index in [9.17, 15) is 9.59 Å². The van der Waals surface area contributed by atoms with Gasteiger partial charge in [-0.1, -0.05) is 17.7 Å². The highest BCUT2D eigenvalue weighted by Gasteiger charge is 2.17. The summed E-state index contributed by atoms with van der Waals surface area (Å²) in [4.78, 5) is 27.2. The van der Waals surface area contributed by atoms with Crippen molar-refractivity contribution in [3.05, 3.63) is 52.7 Å². The molecule has 21 heavy (non-hydrogen) atoms. The number of nitrogens with zero attached hydrogens (tertiary/aromatic N) is 1. The van der Waals surface area contributed by atoms with E-state index in [0.717, 1.165) is 0 Å². The molecule has 0 atom stereocenters. The van der Waals surface area contributed by atoms with E-state index in [-0.39, 0.29) is 21.8 Å². The minimum absolute atomic E-state index is 0.0492. The van der Waals surface area contributed by atoms with Crippen LogP contribution in [0.25, 0.3) is 0 Å². The lowest BCUT2D eigenvalue weighted by Gasteiger charge is -2.09. The Morgan fingerprint density at radius 3 is 2.62 bits per heavy atom. The van der Waals surface area contributed by atoms with E-state index >= 15 is 0 Å². The molecule has 1 amide bonds. The van der Waals surface area contributed by atoms with Crippen LogP contribution in [-0.4, -0.2) is 29.1 Å². The number of carbonyl (C=O) groups excluding carboxylic acids is 1. The van der Waals surface area contributed by atoms with Crippen LogP contribution in [0.4, 0.5) is 5.69 Å². The van der Waals surface area contributed by atoms with Crippen molar-refractivity contribution in [3.8, 4) is 5.88 Å². The zero-order chi connectivity index (χ0) is 15.4. The van der Waals surface area contributed by atoms with Crippen molar-refractivity contribution >= 4 is 29.2 Å². The van der Waals surface area contributed by atoms with Crippen LogP contribution in [0.3, 0.4) is 0 Å². The first-order valence-corrected chi connectivity index (χ1v) is 6.24. The number of aromatic carboxylic acids is 1. The number of carboxylic acid groups (broad SMARTS) is 1. The Labute approximate surface area is 125 Å². The van der Waals surface area contributed by atoms with E-state index in [4.69, 9.17) is 21.4 Å². The molecule has 1 heterocycles. The van der Waals surface area contributed by atoms with Gasteiger partial charge in [-0.05, 0) is 18.2 Å².